The molecule has 1 aromatic rings. The maximum atomic E-state index is 4.23. The van der Waals surface area contributed by atoms with E-state index in [2.05, 4.69) is 16.9 Å². The zero-order valence-electron chi connectivity index (χ0n) is 11.7. The van der Waals surface area contributed by atoms with E-state index in [1.807, 2.05) is 12.4 Å². The second-order valence-corrected chi connectivity index (χ2v) is 4.61. The minimum atomic E-state index is 0. The van der Waals surface area contributed by atoms with Gasteiger partial charge in [-0.15, -0.1) is 0 Å². The van der Waals surface area contributed by atoms with Gasteiger partial charge in [0.25, 0.3) is 0 Å². The van der Waals surface area contributed by atoms with Crippen LogP contribution in [0.3, 0.4) is 0 Å². The maximum Gasteiger partial charge on any atom is 0.105 e. The normalized spacial score (nSPS) is 10.2. The zero-order chi connectivity index (χ0) is 11.5. The topological polar surface area (TPSA) is 28.7 Å². The van der Waals surface area contributed by atoms with Crippen LogP contribution in [-0.2, 0) is 6.42 Å². The minimum Gasteiger partial charge on any atom is -0.349 e. The number of unbranched alkanes of at least 4 members (excludes halogenated alkanes) is 8. The molecular formula is C14H26N2Na. The Morgan fingerprint density at radius 3 is 2.06 bits per heavy atom. The van der Waals surface area contributed by atoms with Crippen LogP contribution in [-0.4, -0.2) is 39.5 Å². The first-order chi connectivity index (χ1) is 7.93. The molecule has 0 amide bonds. The van der Waals surface area contributed by atoms with Crippen LogP contribution in [0.25, 0.3) is 0 Å². The van der Waals surface area contributed by atoms with Crippen LogP contribution in [0.15, 0.2) is 12.4 Å². The van der Waals surface area contributed by atoms with E-state index in [-0.39, 0.29) is 29.6 Å². The van der Waals surface area contributed by atoms with E-state index in [1.165, 1.54) is 57.8 Å². The van der Waals surface area contributed by atoms with Crippen LogP contribution < -0.4 is 0 Å². The number of nitrogens with one attached hydrogen (secondary N) is 1. The molecule has 17 heavy (non-hydrogen) atoms. The number of hydrogen-bond acceptors (Lipinski definition) is 1. The monoisotopic (exact) mass is 245 g/mol. The van der Waals surface area contributed by atoms with Gasteiger partial charge in [0.05, 0.1) is 0 Å². The third kappa shape index (κ3) is 9.87. The molecular weight excluding hydrogens is 219 g/mol. The zero-order valence-corrected chi connectivity index (χ0v) is 13.7. The van der Waals surface area contributed by atoms with Gasteiger partial charge in [-0.1, -0.05) is 58.3 Å². The van der Waals surface area contributed by atoms with Gasteiger partial charge in [0.1, 0.15) is 5.82 Å². The Hall–Kier alpha value is 0.210. The number of rotatable bonds is 10. The van der Waals surface area contributed by atoms with Gasteiger partial charge in [-0.2, -0.15) is 0 Å². The Morgan fingerprint density at radius 1 is 0.941 bits per heavy atom. The van der Waals surface area contributed by atoms with Crippen molar-refractivity contribution < 1.29 is 0 Å². The van der Waals surface area contributed by atoms with Crippen molar-refractivity contribution in [1.82, 2.24) is 9.97 Å². The molecule has 0 spiro atoms. The smallest absolute Gasteiger partial charge is 0.105 e. The number of aryl methyl sites for hydroxylation is 1. The van der Waals surface area contributed by atoms with Crippen LogP contribution in [0.2, 0.25) is 0 Å². The molecule has 0 fully saturated rings. The largest absolute Gasteiger partial charge is 0.349 e. The summed E-state index contributed by atoms with van der Waals surface area (Å²) in [5.74, 6) is 1.14. The fourth-order valence-corrected chi connectivity index (χ4v) is 2.04. The summed E-state index contributed by atoms with van der Waals surface area (Å²) < 4.78 is 0. The van der Waals surface area contributed by atoms with Crippen LogP contribution in [0.5, 0.6) is 0 Å². The van der Waals surface area contributed by atoms with Crippen molar-refractivity contribution in [1.29, 1.82) is 0 Å². The van der Waals surface area contributed by atoms with E-state index < -0.39 is 0 Å². The van der Waals surface area contributed by atoms with E-state index in [0.29, 0.717) is 0 Å². The summed E-state index contributed by atoms with van der Waals surface area (Å²) in [6, 6.07) is 0. The van der Waals surface area contributed by atoms with Gasteiger partial charge in [-0.25, -0.2) is 4.98 Å². The number of hydrogen-bond donors (Lipinski definition) is 1. The average molecular weight is 245 g/mol. The third-order valence-electron chi connectivity index (χ3n) is 3.07. The predicted octanol–water partition coefficient (Wildman–Crippen LogP) is 4.10. The van der Waals surface area contributed by atoms with Crippen LogP contribution in [0, 0.1) is 0 Å². The fourth-order valence-electron chi connectivity index (χ4n) is 2.04. The Kier molecular flexibility index (Phi) is 12.8. The molecule has 0 atom stereocenters. The maximum absolute atomic E-state index is 4.23. The van der Waals surface area contributed by atoms with E-state index in [4.69, 9.17) is 0 Å². The standard InChI is InChI=1S/C14H26N2.Na/c1-2-3-4-5-6-7-8-9-10-11-14-15-12-13-16-14;/h12-13H,2-11H2,1H3,(H,15,16);. The number of nitrogens with zero attached hydrogens (tertiary/aromatic N) is 1. The first-order valence-corrected chi connectivity index (χ1v) is 6.91. The summed E-state index contributed by atoms with van der Waals surface area (Å²) in [4.78, 5) is 7.38. The number of imidazole rings is 1. The first-order valence-electron chi connectivity index (χ1n) is 6.91. The summed E-state index contributed by atoms with van der Waals surface area (Å²) >= 11 is 0. The molecule has 0 aromatic carbocycles. The minimum absolute atomic E-state index is 0. The summed E-state index contributed by atoms with van der Waals surface area (Å²) in [5, 5.41) is 0. The van der Waals surface area contributed by atoms with Gasteiger partial charge in [0.15, 0.2) is 0 Å². The molecule has 0 aliphatic rings. The quantitative estimate of drug-likeness (QED) is 0.488. The number of H-pyrrole nitrogens is 1. The molecule has 0 saturated carbocycles. The molecule has 0 aliphatic carbocycles. The number of aromatic amines is 1. The number of aromatic nitrogens is 2. The average Bonchev–Trinajstić information content (AvgIpc) is 2.80. The molecule has 1 aromatic heterocycles. The van der Waals surface area contributed by atoms with Crippen LogP contribution in [0.1, 0.15) is 70.5 Å². The van der Waals surface area contributed by atoms with Gasteiger partial charge in [-0.3, -0.25) is 0 Å². The summed E-state index contributed by atoms with van der Waals surface area (Å²) in [7, 11) is 0. The summed E-state index contributed by atoms with van der Waals surface area (Å²) in [5.41, 5.74) is 0. The van der Waals surface area contributed by atoms with Crippen molar-refractivity contribution in [2.75, 3.05) is 0 Å². The second-order valence-electron chi connectivity index (χ2n) is 4.61. The second kappa shape index (κ2) is 12.7. The van der Waals surface area contributed by atoms with Crippen LogP contribution in [0.4, 0.5) is 0 Å². The molecule has 0 unspecified atom stereocenters. The Morgan fingerprint density at radius 2 is 1.53 bits per heavy atom. The van der Waals surface area contributed by atoms with Crippen molar-refractivity contribution in [3.63, 3.8) is 0 Å². The first kappa shape index (κ1) is 17.2. The third-order valence-corrected chi connectivity index (χ3v) is 3.07. The van der Waals surface area contributed by atoms with E-state index in [1.54, 1.807) is 0 Å². The molecule has 93 valence electrons. The van der Waals surface area contributed by atoms with Crippen molar-refractivity contribution >= 4 is 29.6 Å². The van der Waals surface area contributed by atoms with Crippen LogP contribution >= 0.6 is 0 Å². The van der Waals surface area contributed by atoms with Crippen molar-refractivity contribution in [3.05, 3.63) is 18.2 Å². The molecule has 1 radical (unpaired) electrons. The predicted molar refractivity (Wildman–Crippen MR) is 75.3 cm³/mol. The summed E-state index contributed by atoms with van der Waals surface area (Å²) in [6.07, 6.45) is 17.4. The molecule has 2 nitrogen and oxygen atoms in total. The Labute approximate surface area is 128 Å². The van der Waals surface area contributed by atoms with E-state index in [0.717, 1.165) is 12.2 Å². The van der Waals surface area contributed by atoms with Gasteiger partial charge >= 0.3 is 0 Å². The summed E-state index contributed by atoms with van der Waals surface area (Å²) in [6.45, 7) is 2.27. The van der Waals surface area contributed by atoms with Crippen molar-refractivity contribution in [2.45, 2.75) is 71.1 Å². The van der Waals surface area contributed by atoms with Crippen molar-refractivity contribution in [3.8, 4) is 0 Å². The molecule has 0 bridgehead atoms. The van der Waals surface area contributed by atoms with E-state index >= 15 is 0 Å². The molecule has 0 aliphatic heterocycles. The van der Waals surface area contributed by atoms with Gasteiger partial charge in [0, 0.05) is 48.4 Å². The molecule has 1 N–H and O–H groups in total. The fraction of sp³-hybridized carbons (Fsp3) is 0.786. The Bertz CT molecular complexity index is 234. The van der Waals surface area contributed by atoms with E-state index in [9.17, 15) is 0 Å². The van der Waals surface area contributed by atoms with Crippen molar-refractivity contribution in [2.24, 2.45) is 0 Å². The molecule has 3 heteroatoms. The van der Waals surface area contributed by atoms with Gasteiger partial charge in [-0.05, 0) is 6.42 Å². The molecule has 1 rings (SSSR count). The Balaban J connectivity index is 0.00000256. The SMILES string of the molecule is CCCCCCCCCCCc1ncc[nH]1.[Na]. The van der Waals surface area contributed by atoms with Gasteiger partial charge < -0.3 is 4.98 Å². The van der Waals surface area contributed by atoms with Gasteiger partial charge in [0.2, 0.25) is 0 Å². The molecule has 1 heterocycles. The molecule has 0 saturated heterocycles.